The molecule has 1 aromatic heterocycles. The maximum atomic E-state index is 10.9. The summed E-state index contributed by atoms with van der Waals surface area (Å²) in [6, 6.07) is 0.170. The summed E-state index contributed by atoms with van der Waals surface area (Å²) in [5.74, 6) is 0.0155. The first kappa shape index (κ1) is 17.6. The van der Waals surface area contributed by atoms with Gasteiger partial charge >= 0.3 is 0 Å². The Bertz CT molecular complexity index is 544. The highest BCUT2D eigenvalue weighted by Crippen LogP contribution is 2.32. The summed E-state index contributed by atoms with van der Waals surface area (Å²) in [6.45, 7) is 11.2. The van der Waals surface area contributed by atoms with Crippen molar-refractivity contribution in [3.63, 3.8) is 0 Å². The second-order valence-corrected chi connectivity index (χ2v) is 8.88. The van der Waals surface area contributed by atoms with Gasteiger partial charge in [0.25, 0.3) is 0 Å². The number of primary sulfonamides is 1. The van der Waals surface area contributed by atoms with Crippen LogP contribution in [0, 0.1) is 6.92 Å². The van der Waals surface area contributed by atoms with E-state index in [1.54, 1.807) is 11.3 Å². The van der Waals surface area contributed by atoms with Crippen LogP contribution in [0.5, 0.6) is 0 Å². The zero-order valence-electron chi connectivity index (χ0n) is 12.9. The van der Waals surface area contributed by atoms with Crippen molar-refractivity contribution in [3.05, 3.63) is 15.6 Å². The molecule has 1 aromatic rings. The van der Waals surface area contributed by atoms with Gasteiger partial charge in [0, 0.05) is 16.3 Å². The van der Waals surface area contributed by atoms with Crippen molar-refractivity contribution in [2.75, 3.05) is 12.3 Å². The SMILES string of the molecule is Cc1nc(C(C)(C)C)sc1C(C)NCCCS(N)(=O)=O. The van der Waals surface area contributed by atoms with E-state index in [0.717, 1.165) is 10.7 Å². The summed E-state index contributed by atoms with van der Waals surface area (Å²) in [6.07, 6.45) is 0.521. The van der Waals surface area contributed by atoms with Crippen LogP contribution in [0.15, 0.2) is 0 Å². The van der Waals surface area contributed by atoms with Crippen LogP contribution in [0.4, 0.5) is 0 Å². The standard InChI is InChI=1S/C13H25N3O2S2/c1-9(15-7-6-8-20(14,17)18)11-10(2)16-12(19-11)13(3,4)5/h9,15H,6-8H2,1-5H3,(H2,14,17,18). The van der Waals surface area contributed by atoms with E-state index in [1.807, 2.05) is 6.92 Å². The number of nitrogens with one attached hydrogen (secondary N) is 1. The number of hydrogen-bond donors (Lipinski definition) is 2. The van der Waals surface area contributed by atoms with E-state index in [2.05, 4.69) is 38.0 Å². The second-order valence-electron chi connectivity index (χ2n) is 6.12. The summed E-state index contributed by atoms with van der Waals surface area (Å²) < 4.78 is 21.7. The summed E-state index contributed by atoms with van der Waals surface area (Å²) >= 11 is 1.72. The molecule has 3 N–H and O–H groups in total. The van der Waals surface area contributed by atoms with Gasteiger partial charge in [-0.3, -0.25) is 0 Å². The summed E-state index contributed by atoms with van der Waals surface area (Å²) in [5, 5.41) is 9.43. The van der Waals surface area contributed by atoms with Crippen molar-refractivity contribution in [1.29, 1.82) is 0 Å². The number of rotatable bonds is 6. The molecular weight excluding hydrogens is 294 g/mol. The Morgan fingerprint density at radius 1 is 1.40 bits per heavy atom. The molecule has 0 fully saturated rings. The number of sulfonamides is 1. The molecule has 0 aliphatic heterocycles. The molecule has 0 saturated carbocycles. The third-order valence-electron chi connectivity index (χ3n) is 2.92. The lowest BCUT2D eigenvalue weighted by molar-refractivity contribution is 0.563. The van der Waals surface area contributed by atoms with Crippen molar-refractivity contribution in [2.24, 2.45) is 5.14 Å². The predicted molar refractivity (Wildman–Crippen MR) is 84.6 cm³/mol. The minimum Gasteiger partial charge on any atom is -0.309 e. The van der Waals surface area contributed by atoms with Crippen LogP contribution < -0.4 is 10.5 Å². The normalized spacial score (nSPS) is 14.5. The molecule has 20 heavy (non-hydrogen) atoms. The monoisotopic (exact) mass is 319 g/mol. The van der Waals surface area contributed by atoms with E-state index >= 15 is 0 Å². The summed E-state index contributed by atoms with van der Waals surface area (Å²) in [5.41, 5.74) is 1.10. The lowest BCUT2D eigenvalue weighted by atomic mass is 9.98. The third-order valence-corrected chi connectivity index (χ3v) is 5.55. The number of aryl methyl sites for hydroxylation is 1. The van der Waals surface area contributed by atoms with Gasteiger partial charge in [-0.15, -0.1) is 11.3 Å². The lowest BCUT2D eigenvalue weighted by Gasteiger charge is -2.14. The van der Waals surface area contributed by atoms with Gasteiger partial charge in [-0.1, -0.05) is 20.8 Å². The maximum Gasteiger partial charge on any atom is 0.209 e. The van der Waals surface area contributed by atoms with Crippen LogP contribution in [0.3, 0.4) is 0 Å². The van der Waals surface area contributed by atoms with Crippen molar-refractivity contribution >= 4 is 21.4 Å². The first-order valence-corrected chi connectivity index (χ1v) is 9.25. The van der Waals surface area contributed by atoms with Crippen LogP contribution in [-0.2, 0) is 15.4 Å². The highest BCUT2D eigenvalue weighted by Gasteiger charge is 2.22. The van der Waals surface area contributed by atoms with Crippen molar-refractivity contribution < 1.29 is 8.42 Å². The molecular formula is C13H25N3O2S2. The lowest BCUT2D eigenvalue weighted by Crippen LogP contribution is -2.24. The molecule has 5 nitrogen and oxygen atoms in total. The topological polar surface area (TPSA) is 85.1 Å². The minimum atomic E-state index is -3.36. The molecule has 1 atom stereocenters. The highest BCUT2D eigenvalue weighted by molar-refractivity contribution is 7.89. The van der Waals surface area contributed by atoms with Crippen molar-refractivity contribution in [1.82, 2.24) is 10.3 Å². The van der Waals surface area contributed by atoms with Crippen LogP contribution in [-0.4, -0.2) is 25.7 Å². The van der Waals surface area contributed by atoms with Gasteiger partial charge < -0.3 is 5.32 Å². The zero-order chi connectivity index (χ0) is 15.6. The molecule has 0 aromatic carbocycles. The van der Waals surface area contributed by atoms with E-state index in [1.165, 1.54) is 4.88 Å². The molecule has 0 aliphatic carbocycles. The molecule has 0 saturated heterocycles. The molecule has 0 spiro atoms. The average Bonchev–Trinajstić information content (AvgIpc) is 2.65. The van der Waals surface area contributed by atoms with E-state index < -0.39 is 10.0 Å². The number of nitrogens with zero attached hydrogens (tertiary/aromatic N) is 1. The second kappa shape index (κ2) is 6.51. The van der Waals surface area contributed by atoms with Gasteiger partial charge in [0.1, 0.15) is 0 Å². The smallest absolute Gasteiger partial charge is 0.209 e. The quantitative estimate of drug-likeness (QED) is 0.786. The van der Waals surface area contributed by atoms with Gasteiger partial charge in [-0.2, -0.15) is 0 Å². The Morgan fingerprint density at radius 2 is 2.00 bits per heavy atom. The summed E-state index contributed by atoms with van der Waals surface area (Å²) in [4.78, 5) is 5.85. The number of hydrogen-bond acceptors (Lipinski definition) is 5. The highest BCUT2D eigenvalue weighted by atomic mass is 32.2. The number of nitrogens with two attached hydrogens (primary N) is 1. The first-order valence-electron chi connectivity index (χ1n) is 6.72. The van der Waals surface area contributed by atoms with Crippen LogP contribution in [0.1, 0.15) is 55.7 Å². The van der Waals surface area contributed by atoms with Gasteiger partial charge in [0.15, 0.2) is 0 Å². The van der Waals surface area contributed by atoms with Gasteiger partial charge in [-0.25, -0.2) is 18.5 Å². The maximum absolute atomic E-state index is 10.9. The van der Waals surface area contributed by atoms with Crippen molar-refractivity contribution in [2.45, 2.75) is 52.5 Å². The first-order chi connectivity index (χ1) is 9.00. The summed E-state index contributed by atoms with van der Waals surface area (Å²) in [7, 11) is -3.36. The van der Waals surface area contributed by atoms with Crippen LogP contribution >= 0.6 is 11.3 Å². The van der Waals surface area contributed by atoms with Crippen LogP contribution in [0.25, 0.3) is 0 Å². The molecule has 1 unspecified atom stereocenters. The molecule has 116 valence electrons. The molecule has 0 radical (unpaired) electrons. The Labute approximate surface area is 126 Å². The molecule has 1 heterocycles. The van der Waals surface area contributed by atoms with Gasteiger partial charge in [-0.05, 0) is 26.8 Å². The zero-order valence-corrected chi connectivity index (χ0v) is 14.5. The fraction of sp³-hybridized carbons (Fsp3) is 0.769. The third kappa shape index (κ3) is 5.47. The fourth-order valence-electron chi connectivity index (χ4n) is 1.82. The Hall–Kier alpha value is -0.500. The molecule has 0 aliphatic rings. The van der Waals surface area contributed by atoms with Crippen molar-refractivity contribution in [3.8, 4) is 0 Å². The Balaban J connectivity index is 2.60. The average molecular weight is 319 g/mol. The molecule has 0 bridgehead atoms. The van der Waals surface area contributed by atoms with E-state index in [4.69, 9.17) is 5.14 Å². The van der Waals surface area contributed by atoms with E-state index in [-0.39, 0.29) is 17.2 Å². The largest absolute Gasteiger partial charge is 0.309 e. The molecule has 7 heteroatoms. The number of aromatic nitrogens is 1. The fourth-order valence-corrected chi connectivity index (χ4v) is 3.51. The predicted octanol–water partition coefficient (Wildman–Crippen LogP) is 2.08. The number of thiazole rings is 1. The molecule has 0 amide bonds. The Morgan fingerprint density at radius 3 is 2.45 bits per heavy atom. The van der Waals surface area contributed by atoms with Crippen LogP contribution in [0.2, 0.25) is 0 Å². The Kier molecular flexibility index (Phi) is 5.71. The minimum absolute atomic E-state index is 0.0155. The van der Waals surface area contributed by atoms with Gasteiger partial charge in [0.2, 0.25) is 10.0 Å². The van der Waals surface area contributed by atoms with E-state index in [0.29, 0.717) is 13.0 Å². The van der Waals surface area contributed by atoms with E-state index in [9.17, 15) is 8.42 Å². The van der Waals surface area contributed by atoms with Gasteiger partial charge in [0.05, 0.1) is 16.5 Å². The molecule has 1 rings (SSSR count).